The molecule has 126 valence electrons. The Morgan fingerprint density at radius 2 is 1.71 bits per heavy atom. The largest absolute Gasteiger partial charge is 0.347 e. The zero-order valence-corrected chi connectivity index (χ0v) is 14.2. The van der Waals surface area contributed by atoms with Gasteiger partial charge in [0.15, 0.2) is 0 Å². The van der Waals surface area contributed by atoms with Gasteiger partial charge >= 0.3 is 0 Å². The van der Waals surface area contributed by atoms with Crippen molar-refractivity contribution in [1.82, 2.24) is 5.32 Å². The molecule has 8 nitrogen and oxygen atoms in total. The summed E-state index contributed by atoms with van der Waals surface area (Å²) < 4.78 is 58.0. The first-order valence-electron chi connectivity index (χ1n) is 6.00. The molecule has 21 heavy (non-hydrogen) atoms. The molecule has 10 heteroatoms. The van der Waals surface area contributed by atoms with Gasteiger partial charge < -0.3 is 5.32 Å². The van der Waals surface area contributed by atoms with Gasteiger partial charge in [-0.2, -0.15) is 16.8 Å². The number of nitrogens with one attached hydrogen (secondary N) is 1. The Bertz CT molecular complexity index is 549. The topological polar surface area (TPSA) is 138 Å². The van der Waals surface area contributed by atoms with Gasteiger partial charge in [-0.1, -0.05) is 13.5 Å². The van der Waals surface area contributed by atoms with E-state index in [9.17, 15) is 21.6 Å². The van der Waals surface area contributed by atoms with Gasteiger partial charge in [0.1, 0.15) is 0 Å². The third-order valence-electron chi connectivity index (χ3n) is 2.27. The van der Waals surface area contributed by atoms with Gasteiger partial charge in [-0.25, -0.2) is 0 Å². The molecule has 3 N–H and O–H groups in total. The number of carbonyl (C=O) groups excluding carboxylic acids is 1. The van der Waals surface area contributed by atoms with Crippen LogP contribution >= 0.6 is 0 Å². The van der Waals surface area contributed by atoms with Gasteiger partial charge in [0, 0.05) is 0 Å². The highest BCUT2D eigenvalue weighted by atomic mass is 32.2. The molecule has 0 aliphatic heterocycles. The molecule has 0 saturated heterocycles. The Labute approximate surface area is 126 Å². The minimum atomic E-state index is -4.08. The smallest absolute Gasteiger partial charge is 0.267 e. The van der Waals surface area contributed by atoms with Crippen molar-refractivity contribution < 1.29 is 30.7 Å². The molecule has 1 amide bonds. The molecular formula is C11H23NO7S2. The molecule has 0 aromatic carbocycles. The Kier molecular flexibility index (Phi) is 9.00. The van der Waals surface area contributed by atoms with Crippen LogP contribution < -0.4 is 5.32 Å². The normalized spacial score (nSPS) is 13.6. The van der Waals surface area contributed by atoms with Crippen molar-refractivity contribution in [3.05, 3.63) is 12.7 Å². The minimum Gasteiger partial charge on any atom is -0.347 e. The quantitative estimate of drug-likeness (QED) is 0.474. The van der Waals surface area contributed by atoms with E-state index in [1.54, 1.807) is 6.92 Å². The first-order chi connectivity index (χ1) is 9.14. The van der Waals surface area contributed by atoms with Crippen LogP contribution in [0.3, 0.4) is 0 Å². The average Bonchev–Trinajstić information content (AvgIpc) is 2.23. The van der Waals surface area contributed by atoms with E-state index in [2.05, 4.69) is 11.9 Å². The monoisotopic (exact) mass is 345 g/mol. The highest BCUT2D eigenvalue weighted by molar-refractivity contribution is 7.86. The Morgan fingerprint density at radius 3 is 1.90 bits per heavy atom. The van der Waals surface area contributed by atoms with E-state index in [0.29, 0.717) is 6.42 Å². The first kappa shape index (κ1) is 22.3. The highest BCUT2D eigenvalue weighted by Gasteiger charge is 2.25. The first-order valence-corrected chi connectivity index (χ1v) is 9.12. The van der Waals surface area contributed by atoms with E-state index in [0.717, 1.165) is 6.08 Å². The van der Waals surface area contributed by atoms with Crippen LogP contribution in [0.2, 0.25) is 0 Å². The second-order valence-electron chi connectivity index (χ2n) is 5.04. The fraction of sp³-hybridized carbons (Fsp3) is 0.727. The molecule has 0 spiro atoms. The van der Waals surface area contributed by atoms with Crippen LogP contribution in [0.15, 0.2) is 12.7 Å². The number of amides is 1. The van der Waals surface area contributed by atoms with Crippen LogP contribution in [0.1, 0.15) is 34.1 Å². The maximum atomic E-state index is 10.8. The van der Waals surface area contributed by atoms with Gasteiger partial charge in [0.2, 0.25) is 5.91 Å². The van der Waals surface area contributed by atoms with Crippen LogP contribution in [-0.2, 0) is 25.0 Å². The van der Waals surface area contributed by atoms with E-state index < -0.39 is 42.7 Å². The van der Waals surface area contributed by atoms with Crippen molar-refractivity contribution in [3.8, 4) is 0 Å². The summed E-state index contributed by atoms with van der Waals surface area (Å²) in [5, 5.41) is 1.74. The summed E-state index contributed by atoms with van der Waals surface area (Å²) in [6.45, 7) is 9.37. The van der Waals surface area contributed by atoms with Gasteiger partial charge in [0.05, 0.1) is 16.5 Å². The molecule has 1 unspecified atom stereocenters. The second kappa shape index (κ2) is 8.47. The summed E-state index contributed by atoms with van der Waals surface area (Å²) in [4.78, 5) is 10.8. The van der Waals surface area contributed by atoms with Crippen LogP contribution in [0.25, 0.3) is 0 Å². The molecule has 0 aliphatic rings. The summed E-state index contributed by atoms with van der Waals surface area (Å²) in [7, 11) is -7.84. The van der Waals surface area contributed by atoms with Crippen LogP contribution in [0.5, 0.6) is 0 Å². The average molecular weight is 345 g/mol. The van der Waals surface area contributed by atoms with Crippen molar-refractivity contribution >= 4 is 26.1 Å². The summed E-state index contributed by atoms with van der Waals surface area (Å²) in [6.07, 6.45) is 1.49. The summed E-state index contributed by atoms with van der Waals surface area (Å²) >= 11 is 0. The van der Waals surface area contributed by atoms with Gasteiger partial charge in [-0.05, 0) is 33.3 Å². The number of carbonyl (C=O) groups is 1. The van der Waals surface area contributed by atoms with E-state index in [1.807, 2.05) is 0 Å². The third-order valence-corrected chi connectivity index (χ3v) is 4.71. The van der Waals surface area contributed by atoms with Crippen LogP contribution in [-0.4, -0.2) is 48.4 Å². The molecular weight excluding hydrogens is 322 g/mol. The molecule has 0 radical (unpaired) electrons. The van der Waals surface area contributed by atoms with Crippen LogP contribution in [0.4, 0.5) is 0 Å². The fourth-order valence-corrected chi connectivity index (χ4v) is 2.49. The molecule has 0 aliphatic carbocycles. The summed E-state index contributed by atoms with van der Waals surface area (Å²) in [5.74, 6) is -1.01. The molecule has 0 bridgehead atoms. The van der Waals surface area contributed by atoms with E-state index in [4.69, 9.17) is 9.11 Å². The highest BCUT2D eigenvalue weighted by Crippen LogP contribution is 2.05. The maximum Gasteiger partial charge on any atom is 0.267 e. The van der Waals surface area contributed by atoms with Crippen molar-refractivity contribution in [3.63, 3.8) is 0 Å². The lowest BCUT2D eigenvalue weighted by molar-refractivity contribution is -0.117. The van der Waals surface area contributed by atoms with E-state index in [-0.39, 0.29) is 0 Å². The number of hydrogen-bond acceptors (Lipinski definition) is 5. The summed E-state index contributed by atoms with van der Waals surface area (Å²) in [6, 6.07) is 0. The maximum absolute atomic E-state index is 10.8. The van der Waals surface area contributed by atoms with Crippen molar-refractivity contribution in [2.75, 3.05) is 5.75 Å². The van der Waals surface area contributed by atoms with E-state index >= 15 is 0 Å². The zero-order valence-electron chi connectivity index (χ0n) is 12.5. The van der Waals surface area contributed by atoms with Crippen molar-refractivity contribution in [2.24, 2.45) is 0 Å². The zero-order chi connectivity index (χ0) is 17.5. The lowest BCUT2D eigenvalue weighted by atomic mass is 10.1. The SMILES string of the molecule is C=CC(=O)NC(C)(C)CS(=O)(=O)O.CCC(C)S(=O)(=O)O. The number of hydrogen-bond donors (Lipinski definition) is 3. The minimum absolute atomic E-state index is 0.457. The van der Waals surface area contributed by atoms with Crippen molar-refractivity contribution in [2.45, 2.75) is 44.9 Å². The molecule has 0 aromatic rings. The molecule has 0 heterocycles. The van der Waals surface area contributed by atoms with E-state index in [1.165, 1.54) is 20.8 Å². The van der Waals surface area contributed by atoms with Crippen molar-refractivity contribution in [1.29, 1.82) is 0 Å². The van der Waals surface area contributed by atoms with Gasteiger partial charge in [0.25, 0.3) is 20.2 Å². The number of rotatable bonds is 6. The Balaban J connectivity index is 0. The predicted octanol–water partition coefficient (Wildman–Crippen LogP) is 0.628. The molecule has 1 atom stereocenters. The Hall–Kier alpha value is -0.970. The summed E-state index contributed by atoms with van der Waals surface area (Å²) in [5.41, 5.74) is -1.00. The third kappa shape index (κ3) is 13.8. The van der Waals surface area contributed by atoms with Crippen LogP contribution in [0, 0.1) is 0 Å². The molecule has 0 saturated carbocycles. The lowest BCUT2D eigenvalue weighted by Crippen LogP contribution is -2.47. The standard InChI is InChI=1S/C7H13NO4S.C4H10O3S/c1-4-6(9)8-7(2,3)5-13(10,11)12;1-3-4(2)8(5,6)7/h4H,1,5H2,2-3H3,(H,8,9)(H,10,11,12);4H,3H2,1-2H3,(H,5,6,7). The second-order valence-corrected chi connectivity index (χ2v) is 8.32. The predicted molar refractivity (Wildman–Crippen MR) is 80.1 cm³/mol. The molecule has 0 rings (SSSR count). The van der Waals surface area contributed by atoms with Gasteiger partial charge in [-0.15, -0.1) is 0 Å². The fourth-order valence-electron chi connectivity index (χ4n) is 1.09. The molecule has 0 aromatic heterocycles. The lowest BCUT2D eigenvalue weighted by Gasteiger charge is -2.23. The van der Waals surface area contributed by atoms with Gasteiger partial charge in [-0.3, -0.25) is 13.9 Å². The Morgan fingerprint density at radius 1 is 1.29 bits per heavy atom. The molecule has 0 fully saturated rings.